The van der Waals surface area contributed by atoms with Crippen LogP contribution in [0.2, 0.25) is 0 Å². The minimum absolute atomic E-state index is 0.00800. The molecule has 1 saturated heterocycles. The molecule has 1 aromatic rings. The molecule has 1 aliphatic heterocycles. The molecule has 3 N–H and O–H groups in total. The summed E-state index contributed by atoms with van der Waals surface area (Å²) >= 11 is 0. The molecule has 1 fully saturated rings. The van der Waals surface area contributed by atoms with Gasteiger partial charge in [-0.25, -0.2) is 0 Å². The van der Waals surface area contributed by atoms with E-state index in [1.165, 1.54) is 0 Å². The van der Waals surface area contributed by atoms with E-state index >= 15 is 0 Å². The van der Waals surface area contributed by atoms with Crippen molar-refractivity contribution >= 4 is 11.6 Å². The molecule has 1 aromatic carbocycles. The molecule has 1 amide bonds. The number of benzene rings is 1. The van der Waals surface area contributed by atoms with Crippen molar-refractivity contribution in [2.45, 2.75) is 39.3 Å². The number of hydrogen-bond acceptors (Lipinski definition) is 3. The Labute approximate surface area is 114 Å². The SMILES string of the molecule is CCC1OCCC1C(=O)NCc1cccc(N)c1C. The molecule has 0 bridgehead atoms. The van der Waals surface area contributed by atoms with Gasteiger partial charge in [-0.15, -0.1) is 0 Å². The fourth-order valence-corrected chi connectivity index (χ4v) is 2.56. The van der Waals surface area contributed by atoms with Crippen molar-refractivity contribution < 1.29 is 9.53 Å². The highest BCUT2D eigenvalue weighted by atomic mass is 16.5. The fraction of sp³-hybridized carbons (Fsp3) is 0.533. The summed E-state index contributed by atoms with van der Waals surface area (Å²) in [6, 6.07) is 5.78. The second-order valence-electron chi connectivity index (χ2n) is 5.06. The lowest BCUT2D eigenvalue weighted by molar-refractivity contribution is -0.126. The van der Waals surface area contributed by atoms with Gasteiger partial charge in [0.15, 0.2) is 0 Å². The number of nitrogens with one attached hydrogen (secondary N) is 1. The third kappa shape index (κ3) is 3.07. The first kappa shape index (κ1) is 13.9. The quantitative estimate of drug-likeness (QED) is 0.816. The number of nitrogen functional groups attached to an aromatic ring is 1. The molecule has 19 heavy (non-hydrogen) atoms. The first-order valence-corrected chi connectivity index (χ1v) is 6.86. The zero-order chi connectivity index (χ0) is 13.8. The Kier molecular flexibility index (Phi) is 4.43. The number of carbonyl (C=O) groups excluding carboxylic acids is 1. The van der Waals surface area contributed by atoms with Crippen LogP contribution in [0.15, 0.2) is 18.2 Å². The molecule has 2 unspecified atom stereocenters. The number of nitrogens with two attached hydrogens (primary N) is 1. The molecule has 0 saturated carbocycles. The van der Waals surface area contributed by atoms with Crippen molar-refractivity contribution in [2.75, 3.05) is 12.3 Å². The van der Waals surface area contributed by atoms with Crippen LogP contribution in [0.1, 0.15) is 30.9 Å². The molecule has 104 valence electrons. The van der Waals surface area contributed by atoms with Crippen LogP contribution in [0.4, 0.5) is 5.69 Å². The van der Waals surface area contributed by atoms with E-state index in [1.807, 2.05) is 25.1 Å². The van der Waals surface area contributed by atoms with Gasteiger partial charge in [0.25, 0.3) is 0 Å². The highest BCUT2D eigenvalue weighted by molar-refractivity contribution is 5.79. The molecule has 0 radical (unpaired) electrons. The average molecular weight is 262 g/mol. The third-order valence-electron chi connectivity index (χ3n) is 3.89. The van der Waals surface area contributed by atoms with E-state index in [0.29, 0.717) is 13.2 Å². The summed E-state index contributed by atoms with van der Waals surface area (Å²) < 4.78 is 5.55. The molecule has 2 atom stereocenters. The zero-order valence-electron chi connectivity index (χ0n) is 11.6. The van der Waals surface area contributed by atoms with Crippen LogP contribution in [0, 0.1) is 12.8 Å². The van der Waals surface area contributed by atoms with Crippen molar-refractivity contribution in [3.8, 4) is 0 Å². The second kappa shape index (κ2) is 6.06. The number of hydrogen-bond donors (Lipinski definition) is 2. The molecule has 4 heteroatoms. The van der Waals surface area contributed by atoms with E-state index in [-0.39, 0.29) is 17.9 Å². The molecule has 4 nitrogen and oxygen atoms in total. The van der Waals surface area contributed by atoms with Crippen LogP contribution in [0.25, 0.3) is 0 Å². The van der Waals surface area contributed by atoms with Crippen molar-refractivity contribution in [1.82, 2.24) is 5.32 Å². The Bertz CT molecular complexity index is 459. The van der Waals surface area contributed by atoms with Crippen molar-refractivity contribution in [1.29, 1.82) is 0 Å². The van der Waals surface area contributed by atoms with Crippen LogP contribution in [-0.4, -0.2) is 18.6 Å². The first-order valence-electron chi connectivity index (χ1n) is 6.86. The van der Waals surface area contributed by atoms with Gasteiger partial charge in [-0.2, -0.15) is 0 Å². The van der Waals surface area contributed by atoms with E-state index in [0.717, 1.165) is 29.7 Å². The molecular weight excluding hydrogens is 240 g/mol. The maximum absolute atomic E-state index is 12.2. The summed E-state index contributed by atoms with van der Waals surface area (Å²) in [6.07, 6.45) is 1.78. The van der Waals surface area contributed by atoms with E-state index in [2.05, 4.69) is 12.2 Å². The lowest BCUT2D eigenvalue weighted by Crippen LogP contribution is -2.34. The number of ether oxygens (including phenoxy) is 1. The van der Waals surface area contributed by atoms with Crippen LogP contribution in [0.5, 0.6) is 0 Å². The third-order valence-corrected chi connectivity index (χ3v) is 3.89. The minimum atomic E-state index is -0.00800. The smallest absolute Gasteiger partial charge is 0.226 e. The predicted octanol–water partition coefficient (Wildman–Crippen LogP) is 2.01. The minimum Gasteiger partial charge on any atom is -0.399 e. The van der Waals surface area contributed by atoms with Gasteiger partial charge in [-0.3, -0.25) is 4.79 Å². The number of amides is 1. The fourth-order valence-electron chi connectivity index (χ4n) is 2.56. The van der Waals surface area contributed by atoms with Crippen molar-refractivity contribution in [3.63, 3.8) is 0 Å². The summed E-state index contributed by atoms with van der Waals surface area (Å²) in [5.41, 5.74) is 8.74. The summed E-state index contributed by atoms with van der Waals surface area (Å²) in [4.78, 5) is 12.2. The standard InChI is InChI=1S/C15H22N2O2/c1-3-14-12(7-8-19-14)15(18)17-9-11-5-4-6-13(16)10(11)2/h4-6,12,14H,3,7-9,16H2,1-2H3,(H,17,18). The van der Waals surface area contributed by atoms with Gasteiger partial charge in [0, 0.05) is 18.8 Å². The summed E-state index contributed by atoms with van der Waals surface area (Å²) in [6.45, 7) is 5.25. The highest BCUT2D eigenvalue weighted by Gasteiger charge is 2.32. The maximum atomic E-state index is 12.2. The Balaban J connectivity index is 1.95. The molecule has 1 aliphatic rings. The molecule has 1 heterocycles. The van der Waals surface area contributed by atoms with E-state index < -0.39 is 0 Å². The molecule has 0 spiro atoms. The van der Waals surface area contributed by atoms with E-state index in [4.69, 9.17) is 10.5 Å². The Morgan fingerprint density at radius 1 is 1.53 bits per heavy atom. The second-order valence-corrected chi connectivity index (χ2v) is 5.06. The average Bonchev–Trinajstić information content (AvgIpc) is 2.88. The topological polar surface area (TPSA) is 64.3 Å². The number of carbonyl (C=O) groups is 1. The Morgan fingerprint density at radius 3 is 3.05 bits per heavy atom. The number of anilines is 1. The monoisotopic (exact) mass is 262 g/mol. The van der Waals surface area contributed by atoms with Gasteiger partial charge < -0.3 is 15.8 Å². The molecule has 0 aliphatic carbocycles. The van der Waals surface area contributed by atoms with Gasteiger partial charge in [0.2, 0.25) is 5.91 Å². The summed E-state index contributed by atoms with van der Waals surface area (Å²) in [5.74, 6) is 0.0811. The first-order chi connectivity index (χ1) is 9.13. The summed E-state index contributed by atoms with van der Waals surface area (Å²) in [7, 11) is 0. The molecular formula is C15H22N2O2. The van der Waals surface area contributed by atoms with E-state index in [9.17, 15) is 4.79 Å². The zero-order valence-corrected chi connectivity index (χ0v) is 11.6. The van der Waals surface area contributed by atoms with Gasteiger partial charge in [-0.1, -0.05) is 19.1 Å². The highest BCUT2D eigenvalue weighted by Crippen LogP contribution is 2.23. The summed E-state index contributed by atoms with van der Waals surface area (Å²) in [5, 5.41) is 3.00. The van der Waals surface area contributed by atoms with Crippen molar-refractivity contribution in [3.05, 3.63) is 29.3 Å². The van der Waals surface area contributed by atoms with Gasteiger partial charge in [-0.05, 0) is 37.0 Å². The van der Waals surface area contributed by atoms with Crippen LogP contribution in [0.3, 0.4) is 0 Å². The van der Waals surface area contributed by atoms with Crippen molar-refractivity contribution in [2.24, 2.45) is 5.92 Å². The van der Waals surface area contributed by atoms with Crippen LogP contribution in [-0.2, 0) is 16.1 Å². The lowest BCUT2D eigenvalue weighted by Gasteiger charge is -2.17. The van der Waals surface area contributed by atoms with Crippen LogP contribution < -0.4 is 11.1 Å². The molecule has 0 aromatic heterocycles. The van der Waals surface area contributed by atoms with Gasteiger partial charge >= 0.3 is 0 Å². The normalized spacial score (nSPS) is 22.4. The maximum Gasteiger partial charge on any atom is 0.226 e. The Morgan fingerprint density at radius 2 is 2.32 bits per heavy atom. The van der Waals surface area contributed by atoms with Gasteiger partial charge in [0.05, 0.1) is 12.0 Å². The largest absolute Gasteiger partial charge is 0.399 e. The van der Waals surface area contributed by atoms with E-state index in [1.54, 1.807) is 0 Å². The van der Waals surface area contributed by atoms with Crippen LogP contribution >= 0.6 is 0 Å². The van der Waals surface area contributed by atoms with Gasteiger partial charge in [0.1, 0.15) is 0 Å². The number of rotatable bonds is 4. The Hall–Kier alpha value is -1.55. The predicted molar refractivity (Wildman–Crippen MR) is 75.6 cm³/mol. The lowest BCUT2D eigenvalue weighted by atomic mass is 9.98. The molecule has 2 rings (SSSR count).